The summed E-state index contributed by atoms with van der Waals surface area (Å²) in [5.74, 6) is -3.70. The number of aliphatic imine (C=N–C) groups is 1. The molecule has 0 spiro atoms. The number of aromatic nitrogens is 2. The van der Waals surface area contributed by atoms with Gasteiger partial charge >= 0.3 is 5.97 Å². The minimum atomic E-state index is -1.16. The number of amides is 3. The van der Waals surface area contributed by atoms with Crippen molar-refractivity contribution in [2.45, 2.75) is 77.5 Å². The molecule has 3 amide bonds. The summed E-state index contributed by atoms with van der Waals surface area (Å²) in [5, 5.41) is 17.4. The molecule has 1 rings (SSSR count). The molecule has 5 unspecified atom stereocenters. The average molecular weight is 524 g/mol. The lowest BCUT2D eigenvalue weighted by Gasteiger charge is -2.28. The largest absolute Gasteiger partial charge is 0.480 e. The summed E-state index contributed by atoms with van der Waals surface area (Å²) in [4.78, 5) is 61.3. The molecule has 0 aromatic carbocycles. The number of hydrogen-bond acceptors (Lipinski definition) is 7. The van der Waals surface area contributed by atoms with Gasteiger partial charge in [-0.1, -0.05) is 34.1 Å². The number of carbonyl (C=O) groups excluding carboxylic acids is 3. The lowest BCUT2D eigenvalue weighted by atomic mass is 9.97. The number of nitrogens with one attached hydrogen (secondary N) is 4. The van der Waals surface area contributed by atoms with Crippen LogP contribution in [0.25, 0.3) is 0 Å². The van der Waals surface area contributed by atoms with Gasteiger partial charge in [-0.05, 0) is 24.7 Å². The van der Waals surface area contributed by atoms with Gasteiger partial charge in [-0.15, -0.1) is 0 Å². The number of carboxylic acids is 1. The van der Waals surface area contributed by atoms with Crippen LogP contribution in [-0.4, -0.2) is 75.4 Å². The van der Waals surface area contributed by atoms with Crippen LogP contribution in [0.4, 0.5) is 0 Å². The summed E-state index contributed by atoms with van der Waals surface area (Å²) in [6.07, 6.45) is 4.30. The lowest BCUT2D eigenvalue weighted by Crippen LogP contribution is -2.59. The summed E-state index contributed by atoms with van der Waals surface area (Å²) in [5.41, 5.74) is 17.1. The van der Waals surface area contributed by atoms with E-state index in [1.807, 2.05) is 6.92 Å². The van der Waals surface area contributed by atoms with Crippen molar-refractivity contribution in [1.82, 2.24) is 25.9 Å². The molecule has 11 N–H and O–H groups in total. The SMILES string of the molecule is CCC(C)C(NC(=O)C(NC(=O)C(Cc1cnc[nH]1)NC(=O)C(N)CCCN=C(N)N)C(C)C)C(=O)O. The van der Waals surface area contributed by atoms with Crippen LogP contribution in [0.15, 0.2) is 17.5 Å². The van der Waals surface area contributed by atoms with E-state index in [9.17, 15) is 24.3 Å². The fourth-order valence-electron chi connectivity index (χ4n) is 3.47. The first kappa shape index (κ1) is 31.4. The predicted octanol–water partition coefficient (Wildman–Crippen LogP) is -1.43. The molecule has 5 atom stereocenters. The van der Waals surface area contributed by atoms with E-state index in [0.29, 0.717) is 25.1 Å². The van der Waals surface area contributed by atoms with Crippen molar-refractivity contribution in [2.75, 3.05) is 6.54 Å². The number of nitrogens with two attached hydrogens (primary N) is 3. The van der Waals surface area contributed by atoms with Gasteiger partial charge in [0.05, 0.1) is 12.4 Å². The number of carbonyl (C=O) groups is 4. The number of nitrogens with zero attached hydrogens (tertiary/aromatic N) is 2. The first-order chi connectivity index (χ1) is 17.4. The van der Waals surface area contributed by atoms with E-state index in [4.69, 9.17) is 17.2 Å². The van der Waals surface area contributed by atoms with Gasteiger partial charge in [0.25, 0.3) is 0 Å². The van der Waals surface area contributed by atoms with Crippen LogP contribution in [0.5, 0.6) is 0 Å². The van der Waals surface area contributed by atoms with Crippen LogP contribution in [0, 0.1) is 11.8 Å². The van der Waals surface area contributed by atoms with Crippen molar-refractivity contribution in [1.29, 1.82) is 0 Å². The van der Waals surface area contributed by atoms with Crippen LogP contribution in [-0.2, 0) is 25.6 Å². The molecule has 208 valence electrons. The Labute approximate surface area is 216 Å². The third-order valence-electron chi connectivity index (χ3n) is 5.94. The maximum Gasteiger partial charge on any atom is 0.326 e. The standard InChI is InChI=1S/C23H41N9O5/c1-5-13(4)18(22(36)37)32-21(35)17(12(2)3)31-20(34)16(9-14-10-27-11-29-14)30-19(33)15(24)7-6-8-28-23(25)26/h10-13,15-18H,5-9,24H2,1-4H3,(H,27,29)(H,30,33)(H,31,34)(H,32,35)(H,36,37)(H4,25,26,28). The number of aliphatic carboxylic acids is 1. The monoisotopic (exact) mass is 523 g/mol. The molecule has 0 radical (unpaired) electrons. The highest BCUT2D eigenvalue weighted by Crippen LogP contribution is 2.11. The maximum absolute atomic E-state index is 13.2. The summed E-state index contributed by atoms with van der Waals surface area (Å²) >= 11 is 0. The van der Waals surface area contributed by atoms with Gasteiger partial charge in [-0.3, -0.25) is 19.4 Å². The van der Waals surface area contributed by atoms with Gasteiger partial charge in [-0.25, -0.2) is 9.78 Å². The van der Waals surface area contributed by atoms with Gasteiger partial charge < -0.3 is 43.2 Å². The van der Waals surface area contributed by atoms with E-state index >= 15 is 0 Å². The molecule has 14 nitrogen and oxygen atoms in total. The Morgan fingerprint density at radius 3 is 2.22 bits per heavy atom. The minimum Gasteiger partial charge on any atom is -0.480 e. The maximum atomic E-state index is 13.2. The number of hydrogen-bond donors (Lipinski definition) is 8. The molecular weight excluding hydrogens is 482 g/mol. The van der Waals surface area contributed by atoms with Crippen molar-refractivity contribution in [3.63, 3.8) is 0 Å². The molecule has 0 saturated heterocycles. The van der Waals surface area contributed by atoms with E-state index in [1.54, 1.807) is 20.8 Å². The molecule has 0 fully saturated rings. The van der Waals surface area contributed by atoms with Gasteiger partial charge in [0, 0.05) is 24.9 Å². The number of rotatable bonds is 16. The van der Waals surface area contributed by atoms with E-state index in [-0.39, 0.29) is 30.6 Å². The number of carboxylic acid groups (broad SMARTS) is 1. The number of guanidine groups is 1. The topological polar surface area (TPSA) is 244 Å². The zero-order valence-electron chi connectivity index (χ0n) is 21.9. The Bertz CT molecular complexity index is 916. The Morgan fingerprint density at radius 1 is 1.05 bits per heavy atom. The molecule has 1 heterocycles. The molecular formula is C23H41N9O5. The molecule has 0 aliphatic rings. The lowest BCUT2D eigenvalue weighted by molar-refractivity contribution is -0.144. The summed E-state index contributed by atoms with van der Waals surface area (Å²) < 4.78 is 0. The molecule has 14 heteroatoms. The van der Waals surface area contributed by atoms with Gasteiger partial charge in [0.1, 0.15) is 18.1 Å². The van der Waals surface area contributed by atoms with Crippen LogP contribution >= 0.6 is 0 Å². The Morgan fingerprint density at radius 2 is 1.70 bits per heavy atom. The third-order valence-corrected chi connectivity index (χ3v) is 5.94. The van der Waals surface area contributed by atoms with Gasteiger partial charge in [0.15, 0.2) is 5.96 Å². The smallest absolute Gasteiger partial charge is 0.326 e. The predicted molar refractivity (Wildman–Crippen MR) is 138 cm³/mol. The second kappa shape index (κ2) is 15.4. The summed E-state index contributed by atoms with van der Waals surface area (Å²) in [7, 11) is 0. The van der Waals surface area contributed by atoms with Crippen molar-refractivity contribution in [2.24, 2.45) is 34.0 Å². The number of aromatic amines is 1. The quantitative estimate of drug-likeness (QED) is 0.0718. The summed E-state index contributed by atoms with van der Waals surface area (Å²) in [6, 6.07) is -4.13. The van der Waals surface area contributed by atoms with Crippen molar-refractivity contribution in [3.8, 4) is 0 Å². The average Bonchev–Trinajstić information content (AvgIpc) is 3.34. The van der Waals surface area contributed by atoms with Gasteiger partial charge in [0.2, 0.25) is 17.7 Å². The highest BCUT2D eigenvalue weighted by atomic mass is 16.4. The normalized spacial score (nSPS) is 15.1. The molecule has 1 aromatic rings. The van der Waals surface area contributed by atoms with Gasteiger partial charge in [-0.2, -0.15) is 0 Å². The number of imidazole rings is 1. The van der Waals surface area contributed by atoms with Crippen LogP contribution in [0.2, 0.25) is 0 Å². The van der Waals surface area contributed by atoms with E-state index in [0.717, 1.165) is 0 Å². The minimum absolute atomic E-state index is 0.0584. The molecule has 0 aliphatic heterocycles. The number of H-pyrrole nitrogens is 1. The second-order valence-corrected chi connectivity index (χ2v) is 9.34. The summed E-state index contributed by atoms with van der Waals surface area (Å²) in [6.45, 7) is 7.29. The zero-order valence-corrected chi connectivity index (χ0v) is 21.9. The second-order valence-electron chi connectivity index (χ2n) is 9.34. The Kier molecular flexibility index (Phi) is 13.1. The van der Waals surface area contributed by atoms with Crippen LogP contribution < -0.4 is 33.2 Å². The highest BCUT2D eigenvalue weighted by molar-refractivity contribution is 5.94. The molecule has 1 aromatic heterocycles. The Hall–Kier alpha value is -3.68. The van der Waals surface area contributed by atoms with E-state index in [1.165, 1.54) is 12.5 Å². The van der Waals surface area contributed by atoms with E-state index in [2.05, 4.69) is 30.9 Å². The van der Waals surface area contributed by atoms with Crippen molar-refractivity contribution >= 4 is 29.7 Å². The van der Waals surface area contributed by atoms with Crippen molar-refractivity contribution in [3.05, 3.63) is 18.2 Å². The first-order valence-electron chi connectivity index (χ1n) is 12.3. The first-order valence-corrected chi connectivity index (χ1v) is 12.3. The van der Waals surface area contributed by atoms with E-state index < -0.39 is 47.9 Å². The van der Waals surface area contributed by atoms with Crippen LogP contribution in [0.3, 0.4) is 0 Å². The fraction of sp³-hybridized carbons (Fsp3) is 0.652. The third kappa shape index (κ3) is 10.9. The molecule has 0 aliphatic carbocycles. The van der Waals surface area contributed by atoms with Crippen LogP contribution in [0.1, 0.15) is 52.7 Å². The fourth-order valence-corrected chi connectivity index (χ4v) is 3.47. The Balaban J connectivity index is 2.97. The molecule has 0 bridgehead atoms. The highest BCUT2D eigenvalue weighted by Gasteiger charge is 2.33. The molecule has 37 heavy (non-hydrogen) atoms. The molecule has 0 saturated carbocycles. The van der Waals surface area contributed by atoms with Crippen molar-refractivity contribution < 1.29 is 24.3 Å². The zero-order chi connectivity index (χ0) is 28.1.